The highest BCUT2D eigenvalue weighted by atomic mass is 32.1. The lowest BCUT2D eigenvalue weighted by Crippen LogP contribution is -2.28. The molecule has 3 aromatic rings. The standard InChI is InChI=1S/C16H16FN5O3S/c1-3-18-15(25)21-16-20-12-4-10(11(17)5-13(12)26-16)9-6-19-22(7-9)8(2)14(23)24/h4-8H,3H2,1-2H3,(H,23,24)(H2,18,20,21,25). The number of benzene rings is 1. The van der Waals surface area contributed by atoms with E-state index in [0.717, 1.165) is 11.3 Å². The molecule has 0 aliphatic carbocycles. The van der Waals surface area contributed by atoms with Gasteiger partial charge in [0.1, 0.15) is 11.9 Å². The summed E-state index contributed by atoms with van der Waals surface area (Å²) < 4.78 is 16.3. The highest BCUT2D eigenvalue weighted by Crippen LogP contribution is 2.32. The Morgan fingerprint density at radius 1 is 1.42 bits per heavy atom. The number of nitrogens with one attached hydrogen (secondary N) is 2. The Hall–Kier alpha value is -3.01. The molecule has 0 bridgehead atoms. The second-order valence-electron chi connectivity index (χ2n) is 5.53. The third-order valence-electron chi connectivity index (χ3n) is 3.70. The van der Waals surface area contributed by atoms with Gasteiger partial charge in [0.2, 0.25) is 0 Å². The van der Waals surface area contributed by atoms with Crippen molar-refractivity contribution in [2.24, 2.45) is 0 Å². The van der Waals surface area contributed by atoms with Gasteiger partial charge in [0, 0.05) is 23.9 Å². The number of carboxylic acid groups (broad SMARTS) is 1. The lowest BCUT2D eigenvalue weighted by Gasteiger charge is -2.05. The maximum atomic E-state index is 14.5. The minimum atomic E-state index is -1.03. The van der Waals surface area contributed by atoms with Gasteiger partial charge in [-0.15, -0.1) is 0 Å². The van der Waals surface area contributed by atoms with E-state index in [1.54, 1.807) is 13.0 Å². The molecule has 136 valence electrons. The summed E-state index contributed by atoms with van der Waals surface area (Å²) in [4.78, 5) is 26.9. The Morgan fingerprint density at radius 3 is 2.88 bits per heavy atom. The second kappa shape index (κ2) is 7.08. The van der Waals surface area contributed by atoms with Crippen LogP contribution >= 0.6 is 11.3 Å². The van der Waals surface area contributed by atoms with E-state index < -0.39 is 17.8 Å². The van der Waals surface area contributed by atoms with E-state index in [1.807, 2.05) is 0 Å². The zero-order valence-electron chi connectivity index (χ0n) is 14.0. The molecule has 2 amide bonds. The minimum Gasteiger partial charge on any atom is -0.480 e. The molecular formula is C16H16FN5O3S. The van der Waals surface area contributed by atoms with Gasteiger partial charge in [-0.25, -0.2) is 19.0 Å². The number of carbonyl (C=O) groups excluding carboxylic acids is 1. The molecule has 0 saturated carbocycles. The normalized spacial score (nSPS) is 12.1. The fourth-order valence-corrected chi connectivity index (χ4v) is 3.20. The molecule has 1 atom stereocenters. The monoisotopic (exact) mass is 377 g/mol. The summed E-state index contributed by atoms with van der Waals surface area (Å²) in [6, 6.07) is 1.65. The molecular weight excluding hydrogens is 361 g/mol. The number of aromatic nitrogens is 3. The topological polar surface area (TPSA) is 109 Å². The molecule has 2 heterocycles. The molecule has 3 rings (SSSR count). The van der Waals surface area contributed by atoms with Crippen LogP contribution in [-0.2, 0) is 4.79 Å². The maximum absolute atomic E-state index is 14.5. The summed E-state index contributed by atoms with van der Waals surface area (Å²) in [6.07, 6.45) is 2.88. The zero-order valence-corrected chi connectivity index (χ0v) is 14.8. The molecule has 26 heavy (non-hydrogen) atoms. The summed E-state index contributed by atoms with van der Waals surface area (Å²) in [6.45, 7) is 3.76. The van der Waals surface area contributed by atoms with Crippen molar-refractivity contribution in [2.45, 2.75) is 19.9 Å². The summed E-state index contributed by atoms with van der Waals surface area (Å²) >= 11 is 1.16. The molecule has 0 aliphatic rings. The predicted octanol–water partition coefficient (Wildman–Crippen LogP) is 3.09. The van der Waals surface area contributed by atoms with E-state index >= 15 is 0 Å². The van der Waals surface area contributed by atoms with Crippen LogP contribution in [0.3, 0.4) is 0 Å². The van der Waals surface area contributed by atoms with E-state index in [1.165, 1.54) is 30.1 Å². The number of halogens is 1. The first-order chi connectivity index (χ1) is 12.4. The van der Waals surface area contributed by atoms with Crippen molar-refractivity contribution in [1.82, 2.24) is 20.1 Å². The summed E-state index contributed by atoms with van der Waals surface area (Å²) in [5.41, 5.74) is 1.23. The Balaban J connectivity index is 1.93. The van der Waals surface area contributed by atoms with Gasteiger partial charge in [-0.2, -0.15) is 5.10 Å². The molecule has 0 fully saturated rings. The molecule has 3 N–H and O–H groups in total. The minimum absolute atomic E-state index is 0.260. The van der Waals surface area contributed by atoms with Crippen molar-refractivity contribution in [3.63, 3.8) is 0 Å². The van der Waals surface area contributed by atoms with Crippen LogP contribution in [0.25, 0.3) is 21.3 Å². The van der Waals surface area contributed by atoms with Gasteiger partial charge in [-0.3, -0.25) is 10.00 Å². The number of aliphatic carboxylic acids is 1. The van der Waals surface area contributed by atoms with Gasteiger partial charge in [0.25, 0.3) is 0 Å². The number of thiazole rings is 1. The average molecular weight is 377 g/mol. The quantitative estimate of drug-likeness (QED) is 0.633. The number of carbonyl (C=O) groups is 2. The first kappa shape index (κ1) is 17.8. The van der Waals surface area contributed by atoms with Crippen LogP contribution in [0.2, 0.25) is 0 Å². The number of amides is 2. The molecule has 0 radical (unpaired) electrons. The SMILES string of the molecule is CCNC(=O)Nc1nc2cc(-c3cnn(C(C)C(=O)O)c3)c(F)cc2s1. The van der Waals surface area contributed by atoms with Crippen molar-refractivity contribution < 1.29 is 19.1 Å². The average Bonchev–Trinajstić information content (AvgIpc) is 3.19. The number of hydrogen-bond donors (Lipinski definition) is 3. The molecule has 10 heteroatoms. The molecule has 2 aromatic heterocycles. The summed E-state index contributed by atoms with van der Waals surface area (Å²) in [5.74, 6) is -1.51. The second-order valence-corrected chi connectivity index (χ2v) is 6.56. The zero-order chi connectivity index (χ0) is 18.8. The lowest BCUT2D eigenvalue weighted by atomic mass is 10.1. The number of hydrogen-bond acceptors (Lipinski definition) is 5. The third kappa shape index (κ3) is 3.49. The van der Waals surface area contributed by atoms with Crippen LogP contribution in [0.1, 0.15) is 19.9 Å². The van der Waals surface area contributed by atoms with Crippen LogP contribution < -0.4 is 10.6 Å². The Bertz CT molecular complexity index is 984. The predicted molar refractivity (Wildman–Crippen MR) is 95.8 cm³/mol. The number of carboxylic acids is 1. The molecule has 1 unspecified atom stereocenters. The third-order valence-corrected chi connectivity index (χ3v) is 4.64. The van der Waals surface area contributed by atoms with Crippen molar-refractivity contribution in [3.05, 3.63) is 30.3 Å². The number of rotatable bonds is 5. The van der Waals surface area contributed by atoms with E-state index in [-0.39, 0.29) is 11.6 Å². The van der Waals surface area contributed by atoms with Gasteiger partial charge in [0.15, 0.2) is 5.13 Å². The van der Waals surface area contributed by atoms with Crippen LogP contribution in [-0.4, -0.2) is 38.4 Å². The fraction of sp³-hybridized carbons (Fsp3) is 0.250. The van der Waals surface area contributed by atoms with E-state index in [4.69, 9.17) is 5.11 Å². The van der Waals surface area contributed by atoms with Crippen LogP contribution in [0.5, 0.6) is 0 Å². The molecule has 1 aromatic carbocycles. The smallest absolute Gasteiger partial charge is 0.328 e. The largest absolute Gasteiger partial charge is 0.480 e. The van der Waals surface area contributed by atoms with Gasteiger partial charge < -0.3 is 10.4 Å². The van der Waals surface area contributed by atoms with Crippen molar-refractivity contribution in [3.8, 4) is 11.1 Å². The molecule has 0 spiro atoms. The number of urea groups is 1. The highest BCUT2D eigenvalue weighted by molar-refractivity contribution is 7.22. The van der Waals surface area contributed by atoms with Gasteiger partial charge in [-0.05, 0) is 26.0 Å². The number of nitrogens with zero attached hydrogens (tertiary/aromatic N) is 3. The summed E-state index contributed by atoms with van der Waals surface area (Å²) in [7, 11) is 0. The Morgan fingerprint density at radius 2 is 2.19 bits per heavy atom. The van der Waals surface area contributed by atoms with E-state index in [2.05, 4.69) is 20.7 Å². The molecule has 8 nitrogen and oxygen atoms in total. The lowest BCUT2D eigenvalue weighted by molar-refractivity contribution is -0.140. The summed E-state index contributed by atoms with van der Waals surface area (Å²) in [5, 5.41) is 18.6. The first-order valence-electron chi connectivity index (χ1n) is 7.81. The van der Waals surface area contributed by atoms with Crippen molar-refractivity contribution >= 4 is 38.7 Å². The Kier molecular flexibility index (Phi) is 4.85. The first-order valence-corrected chi connectivity index (χ1v) is 8.63. The Labute approximate surface area is 151 Å². The number of anilines is 1. The van der Waals surface area contributed by atoms with Crippen molar-refractivity contribution in [1.29, 1.82) is 0 Å². The van der Waals surface area contributed by atoms with E-state index in [0.29, 0.717) is 27.5 Å². The highest BCUT2D eigenvalue weighted by Gasteiger charge is 2.17. The van der Waals surface area contributed by atoms with Gasteiger partial charge >= 0.3 is 12.0 Å². The fourth-order valence-electron chi connectivity index (χ4n) is 2.33. The van der Waals surface area contributed by atoms with Gasteiger partial charge in [-0.1, -0.05) is 11.3 Å². The van der Waals surface area contributed by atoms with Crippen LogP contribution in [0.15, 0.2) is 24.5 Å². The maximum Gasteiger partial charge on any atom is 0.328 e. The van der Waals surface area contributed by atoms with E-state index in [9.17, 15) is 14.0 Å². The van der Waals surface area contributed by atoms with Gasteiger partial charge in [0.05, 0.1) is 16.4 Å². The van der Waals surface area contributed by atoms with Crippen LogP contribution in [0, 0.1) is 5.82 Å². The van der Waals surface area contributed by atoms with Crippen molar-refractivity contribution in [2.75, 3.05) is 11.9 Å². The molecule has 0 aliphatic heterocycles. The van der Waals surface area contributed by atoms with Crippen LogP contribution in [0.4, 0.5) is 14.3 Å². The molecule has 0 saturated heterocycles. The number of fused-ring (bicyclic) bond motifs is 1.